The van der Waals surface area contributed by atoms with Crippen molar-refractivity contribution >= 4 is 17.7 Å². The van der Waals surface area contributed by atoms with E-state index >= 15 is 0 Å². The van der Waals surface area contributed by atoms with Crippen LogP contribution in [0.1, 0.15) is 28.8 Å². The predicted molar refractivity (Wildman–Crippen MR) is 94.3 cm³/mol. The molecule has 1 fully saturated rings. The molecule has 1 aromatic heterocycles. The third-order valence-electron chi connectivity index (χ3n) is 3.91. The number of amides is 1. The largest absolute Gasteiger partial charge is 0.452 e. The smallest absolute Gasteiger partial charge is 0.340 e. The minimum atomic E-state index is -0.593. The number of hydrogen-bond acceptors (Lipinski definition) is 5. The summed E-state index contributed by atoms with van der Waals surface area (Å²) in [6.07, 6.45) is 4.28. The van der Waals surface area contributed by atoms with E-state index in [1.165, 1.54) is 18.3 Å². The van der Waals surface area contributed by atoms with E-state index in [1.807, 2.05) is 0 Å². The monoisotopic (exact) mass is 357 g/mol. The fourth-order valence-corrected chi connectivity index (χ4v) is 2.30. The van der Waals surface area contributed by atoms with Gasteiger partial charge in [-0.2, -0.15) is 0 Å². The number of pyridine rings is 1. The van der Waals surface area contributed by atoms with E-state index in [-0.39, 0.29) is 18.3 Å². The van der Waals surface area contributed by atoms with Crippen LogP contribution in [0, 0.1) is 5.82 Å². The van der Waals surface area contributed by atoms with Crippen molar-refractivity contribution < 1.29 is 18.7 Å². The lowest BCUT2D eigenvalue weighted by Crippen LogP contribution is -2.30. The molecule has 1 saturated carbocycles. The van der Waals surface area contributed by atoms with Gasteiger partial charge in [-0.25, -0.2) is 14.2 Å². The fourth-order valence-electron chi connectivity index (χ4n) is 2.30. The van der Waals surface area contributed by atoms with Gasteiger partial charge in [0.15, 0.2) is 6.61 Å². The van der Waals surface area contributed by atoms with Crippen molar-refractivity contribution in [2.24, 2.45) is 0 Å². The van der Waals surface area contributed by atoms with Crippen LogP contribution in [0.15, 0.2) is 42.6 Å². The van der Waals surface area contributed by atoms with Crippen LogP contribution in [0.4, 0.5) is 10.2 Å². The third-order valence-corrected chi connectivity index (χ3v) is 3.91. The van der Waals surface area contributed by atoms with Gasteiger partial charge in [0.25, 0.3) is 5.91 Å². The summed E-state index contributed by atoms with van der Waals surface area (Å²) >= 11 is 0. The summed E-state index contributed by atoms with van der Waals surface area (Å²) in [5.74, 6) is -0.553. The van der Waals surface area contributed by atoms with Crippen LogP contribution >= 0.6 is 0 Å². The van der Waals surface area contributed by atoms with Crippen molar-refractivity contribution in [1.29, 1.82) is 0 Å². The minimum Gasteiger partial charge on any atom is -0.452 e. The van der Waals surface area contributed by atoms with Crippen LogP contribution in [0.25, 0.3) is 0 Å². The third kappa shape index (κ3) is 5.54. The van der Waals surface area contributed by atoms with Crippen LogP contribution in [0.5, 0.6) is 0 Å². The standard InChI is InChI=1S/C19H20FN3O3/c20-15-4-1-13(2-5-15)9-10-21-18(24)12-26-19(25)14-3-8-17(22-11-14)23-16-6-7-16/h1-5,8,11,16H,6-7,9-10,12H2,(H,21,24)(H,22,23). The first-order valence-electron chi connectivity index (χ1n) is 8.51. The molecule has 3 rings (SSSR count). The summed E-state index contributed by atoms with van der Waals surface area (Å²) in [6.45, 7) is 0.0232. The van der Waals surface area contributed by atoms with E-state index in [4.69, 9.17) is 4.74 Å². The van der Waals surface area contributed by atoms with Crippen LogP contribution in [0.3, 0.4) is 0 Å². The molecule has 2 N–H and O–H groups in total. The lowest BCUT2D eigenvalue weighted by molar-refractivity contribution is -0.124. The van der Waals surface area contributed by atoms with Gasteiger partial charge in [0.1, 0.15) is 11.6 Å². The topological polar surface area (TPSA) is 80.3 Å². The maximum absolute atomic E-state index is 12.8. The van der Waals surface area contributed by atoms with Crippen molar-refractivity contribution in [3.63, 3.8) is 0 Å². The van der Waals surface area contributed by atoms with E-state index in [9.17, 15) is 14.0 Å². The second-order valence-electron chi connectivity index (χ2n) is 6.15. The summed E-state index contributed by atoms with van der Waals surface area (Å²) in [7, 11) is 0. The van der Waals surface area contributed by atoms with Crippen LogP contribution < -0.4 is 10.6 Å². The number of ether oxygens (including phenoxy) is 1. The van der Waals surface area contributed by atoms with Gasteiger partial charge in [-0.05, 0) is 49.1 Å². The van der Waals surface area contributed by atoms with Crippen LogP contribution in [-0.4, -0.2) is 36.1 Å². The minimum absolute atomic E-state index is 0.296. The Kier molecular flexibility index (Phi) is 5.78. The normalized spacial score (nSPS) is 13.1. The highest BCUT2D eigenvalue weighted by Crippen LogP contribution is 2.23. The second kappa shape index (κ2) is 8.42. The maximum atomic E-state index is 12.8. The second-order valence-corrected chi connectivity index (χ2v) is 6.15. The zero-order valence-electron chi connectivity index (χ0n) is 14.2. The van der Waals surface area contributed by atoms with Gasteiger partial charge in [-0.3, -0.25) is 4.79 Å². The number of esters is 1. The molecule has 0 aliphatic heterocycles. The number of carbonyl (C=O) groups is 2. The molecule has 26 heavy (non-hydrogen) atoms. The molecule has 1 aliphatic rings. The number of nitrogens with zero attached hydrogens (tertiary/aromatic N) is 1. The van der Waals surface area contributed by atoms with E-state index in [2.05, 4.69) is 15.6 Å². The number of nitrogens with one attached hydrogen (secondary N) is 2. The molecule has 2 aromatic rings. The molecule has 0 atom stereocenters. The number of carbonyl (C=O) groups excluding carboxylic acids is 2. The van der Waals surface area contributed by atoms with Crippen LogP contribution in [-0.2, 0) is 16.0 Å². The number of benzene rings is 1. The van der Waals surface area contributed by atoms with Gasteiger partial charge in [0.2, 0.25) is 0 Å². The average Bonchev–Trinajstić information content (AvgIpc) is 3.46. The Labute approximate surface area is 150 Å². The van der Waals surface area contributed by atoms with Crippen molar-refractivity contribution in [2.75, 3.05) is 18.5 Å². The quantitative estimate of drug-likeness (QED) is 0.709. The maximum Gasteiger partial charge on any atom is 0.340 e. The number of rotatable bonds is 8. The van der Waals surface area contributed by atoms with Gasteiger partial charge >= 0.3 is 5.97 Å². The predicted octanol–water partition coefficient (Wildman–Crippen LogP) is 2.31. The number of anilines is 1. The molecule has 0 unspecified atom stereocenters. The van der Waals surface area contributed by atoms with Gasteiger partial charge < -0.3 is 15.4 Å². The lowest BCUT2D eigenvalue weighted by atomic mass is 10.1. The number of hydrogen-bond donors (Lipinski definition) is 2. The molecule has 1 heterocycles. The molecular formula is C19H20FN3O3. The molecule has 1 aliphatic carbocycles. The molecule has 0 bridgehead atoms. The van der Waals surface area contributed by atoms with E-state index in [0.29, 0.717) is 24.6 Å². The first-order valence-corrected chi connectivity index (χ1v) is 8.51. The van der Waals surface area contributed by atoms with E-state index in [0.717, 1.165) is 24.2 Å². The first kappa shape index (κ1) is 17.8. The molecule has 0 radical (unpaired) electrons. The summed E-state index contributed by atoms with van der Waals surface area (Å²) in [6, 6.07) is 9.90. The molecule has 1 amide bonds. The molecule has 0 spiro atoms. The molecule has 0 saturated heterocycles. The van der Waals surface area contributed by atoms with E-state index in [1.54, 1.807) is 24.3 Å². The lowest BCUT2D eigenvalue weighted by Gasteiger charge is -2.07. The zero-order chi connectivity index (χ0) is 18.4. The fraction of sp³-hybridized carbons (Fsp3) is 0.316. The summed E-state index contributed by atoms with van der Waals surface area (Å²) in [4.78, 5) is 27.8. The van der Waals surface area contributed by atoms with Crippen molar-refractivity contribution in [2.45, 2.75) is 25.3 Å². The highest BCUT2D eigenvalue weighted by Gasteiger charge is 2.21. The van der Waals surface area contributed by atoms with Crippen molar-refractivity contribution in [1.82, 2.24) is 10.3 Å². The molecular weight excluding hydrogens is 337 g/mol. The molecule has 136 valence electrons. The van der Waals surface area contributed by atoms with Gasteiger partial charge in [-0.15, -0.1) is 0 Å². The number of aromatic nitrogens is 1. The summed E-state index contributed by atoms with van der Waals surface area (Å²) in [5.41, 5.74) is 1.21. The zero-order valence-corrected chi connectivity index (χ0v) is 14.2. The molecule has 1 aromatic carbocycles. The van der Waals surface area contributed by atoms with Crippen molar-refractivity contribution in [3.05, 3.63) is 59.5 Å². The summed E-state index contributed by atoms with van der Waals surface area (Å²) < 4.78 is 17.8. The van der Waals surface area contributed by atoms with Crippen LogP contribution in [0.2, 0.25) is 0 Å². The Morgan fingerprint density at radius 1 is 1.15 bits per heavy atom. The average molecular weight is 357 g/mol. The molecule has 7 heteroatoms. The highest BCUT2D eigenvalue weighted by atomic mass is 19.1. The van der Waals surface area contributed by atoms with Gasteiger partial charge in [-0.1, -0.05) is 12.1 Å². The SMILES string of the molecule is O=C(COC(=O)c1ccc(NC2CC2)nc1)NCCc1ccc(F)cc1. The number of halogens is 1. The Hall–Kier alpha value is -2.96. The molecule has 6 nitrogen and oxygen atoms in total. The summed E-state index contributed by atoms with van der Waals surface area (Å²) in [5, 5.41) is 5.88. The highest BCUT2D eigenvalue weighted by molar-refractivity contribution is 5.91. The van der Waals surface area contributed by atoms with E-state index < -0.39 is 5.97 Å². The Balaban J connectivity index is 1.36. The van der Waals surface area contributed by atoms with Gasteiger partial charge in [0, 0.05) is 18.8 Å². The van der Waals surface area contributed by atoms with Crippen molar-refractivity contribution in [3.8, 4) is 0 Å². The Morgan fingerprint density at radius 3 is 2.58 bits per heavy atom. The Bertz CT molecular complexity index is 759. The first-order chi connectivity index (χ1) is 12.6. The van der Waals surface area contributed by atoms with Gasteiger partial charge in [0.05, 0.1) is 5.56 Å². The Morgan fingerprint density at radius 2 is 1.92 bits per heavy atom.